The number of fused-ring (bicyclic) bond motifs is 6. The van der Waals surface area contributed by atoms with Gasteiger partial charge in [-0.2, -0.15) is 0 Å². The molecule has 0 saturated carbocycles. The molecule has 0 aromatic heterocycles. The second-order valence-electron chi connectivity index (χ2n) is 28.8. The molecule has 0 aliphatic heterocycles. The molecule has 0 heterocycles. The Kier molecular flexibility index (Phi) is 35.5. The van der Waals surface area contributed by atoms with E-state index < -0.39 is 0 Å². The molecule has 129 heavy (non-hydrogen) atoms. The summed E-state index contributed by atoms with van der Waals surface area (Å²) < 4.78 is 0. The van der Waals surface area contributed by atoms with E-state index in [1.165, 1.54) is 104 Å². The maximum absolute atomic E-state index is 2.34. The predicted octanol–water partition coefficient (Wildman–Crippen LogP) is 37.8. The Bertz CT molecular complexity index is 6410. The van der Waals surface area contributed by atoms with Crippen LogP contribution < -0.4 is 24.5 Å². The molecule has 0 aliphatic rings. The van der Waals surface area contributed by atoms with Gasteiger partial charge in [-0.05, 0) is 212 Å². The minimum atomic E-state index is 1.16. The van der Waals surface area contributed by atoms with Gasteiger partial charge >= 0.3 is 0 Å². The Morgan fingerprint density at radius 3 is 0.465 bits per heavy atom. The van der Waals surface area contributed by atoms with Gasteiger partial charge in [-0.3, -0.25) is 0 Å². The van der Waals surface area contributed by atoms with E-state index in [0.717, 1.165) is 45.5 Å². The van der Waals surface area contributed by atoms with E-state index in [9.17, 15) is 0 Å². The molecule has 0 amide bonds. The molecule has 21 aromatic rings. The lowest BCUT2D eigenvalue weighted by molar-refractivity contribution is 1.28. The van der Waals surface area contributed by atoms with Crippen LogP contribution in [0.1, 0.15) is 69.2 Å². The molecule has 0 spiro atoms. The average Bonchev–Trinajstić information content (AvgIpc) is 0.758. The summed E-state index contributed by atoms with van der Waals surface area (Å²) in [6.07, 6.45) is 0. The third-order valence-corrected chi connectivity index (χ3v) is 21.1. The number of nitrogens with zero attached hydrogens (tertiary/aromatic N) is 5. The van der Waals surface area contributed by atoms with E-state index in [2.05, 4.69) is 522 Å². The maximum Gasteiger partial charge on any atom is 0.0540 e. The van der Waals surface area contributed by atoms with E-state index in [0.29, 0.717) is 0 Å². The smallest absolute Gasteiger partial charge is 0.0540 e. The van der Waals surface area contributed by atoms with E-state index >= 15 is 0 Å². The lowest BCUT2D eigenvalue weighted by Crippen LogP contribution is -2.10. The van der Waals surface area contributed by atoms with Crippen molar-refractivity contribution in [1.29, 1.82) is 0 Å². The van der Waals surface area contributed by atoms with Gasteiger partial charge in [0.15, 0.2) is 0 Å². The molecule has 0 saturated heterocycles. The number of rotatable bonds is 15. The molecule has 21 aromatic carbocycles. The molecule has 0 radical (unpaired) electrons. The number of hydrogen-bond donors (Lipinski definition) is 0. The summed E-state index contributed by atoms with van der Waals surface area (Å²) in [7, 11) is 0. The fraction of sp³-hybridized carbons (Fsp3) is 0.0806. The van der Waals surface area contributed by atoms with Crippen LogP contribution in [0.15, 0.2) is 528 Å². The van der Waals surface area contributed by atoms with Gasteiger partial charge in [0.2, 0.25) is 0 Å². The maximum atomic E-state index is 2.34. The highest BCUT2D eigenvalue weighted by molar-refractivity contribution is 6.03. The third-order valence-electron chi connectivity index (χ3n) is 21.1. The van der Waals surface area contributed by atoms with Crippen LogP contribution in [0.25, 0.3) is 64.6 Å². The van der Waals surface area contributed by atoms with Gasteiger partial charge in [-0.25, -0.2) is 0 Å². The van der Waals surface area contributed by atoms with Crippen LogP contribution in [-0.2, 0) is 0 Å². The van der Waals surface area contributed by atoms with Crippen LogP contribution in [0.2, 0.25) is 0 Å². The minimum Gasteiger partial charge on any atom is -0.311 e. The molecule has 0 aliphatic carbocycles. The highest BCUT2D eigenvalue weighted by Crippen LogP contribution is 2.44. The molecule has 5 heteroatoms. The van der Waals surface area contributed by atoms with Crippen LogP contribution >= 0.6 is 0 Å². The van der Waals surface area contributed by atoms with Gasteiger partial charge in [0.1, 0.15) is 0 Å². The van der Waals surface area contributed by atoms with E-state index in [4.69, 9.17) is 0 Å². The van der Waals surface area contributed by atoms with E-state index in [-0.39, 0.29) is 0 Å². The summed E-state index contributed by atoms with van der Waals surface area (Å²) in [4.78, 5) is 11.5. The Morgan fingerprint density at radius 1 is 0.101 bits per heavy atom. The molecule has 638 valence electrons. The molecule has 0 bridgehead atoms. The van der Waals surface area contributed by atoms with Gasteiger partial charge in [0.05, 0.1) is 17.1 Å². The molecule has 0 atom stereocenters. The second kappa shape index (κ2) is 49.6. The monoisotopic (exact) mass is 1680 g/mol. The van der Waals surface area contributed by atoms with Crippen LogP contribution in [0.4, 0.5) is 85.3 Å². The van der Waals surface area contributed by atoms with Crippen LogP contribution in [-0.4, -0.2) is 0 Å². The first-order valence-electron chi connectivity index (χ1n) is 45.5. The van der Waals surface area contributed by atoms with Crippen molar-refractivity contribution < 1.29 is 0 Å². The summed E-state index contributed by atoms with van der Waals surface area (Å²) >= 11 is 0. The zero-order chi connectivity index (χ0) is 90.0. The molecule has 5 nitrogen and oxygen atoms in total. The first-order valence-corrected chi connectivity index (χ1v) is 45.5. The van der Waals surface area contributed by atoms with Crippen molar-refractivity contribution in [3.05, 3.63) is 528 Å². The summed E-state index contributed by atoms with van der Waals surface area (Å²) in [5.41, 5.74) is 17.5. The summed E-state index contributed by atoms with van der Waals surface area (Å²) in [6.45, 7) is 20.0. The normalized spacial score (nSPS) is 10.1. The standard InChI is InChI=1S/2C26H19N.2C22H17N.C18H15N.5C2H6/c2*1-2-13-23(14-3-1)27(24-18-17-20-9-4-5-11-22(20)19-24)26-16-8-12-21-10-6-7-15-25(21)26;1-3-12-19(13-4-1)23(20-14-5-2-6-15-20)22-17-9-11-18-10-7-8-16-21(18)22;1-3-11-20(12-4-1)23(21-13-5-2-6-14-21)22-16-15-18-9-7-8-10-19(18)17-22;1-4-10-16(11-5-1)19(17-12-6-2-7-13-17)18-14-8-3-9-15-18;5*1-2/h2*1-19H;2*1-17H;1-15H;5*1-2H3. The molecule has 21 rings (SSSR count). The van der Waals surface area contributed by atoms with Crippen molar-refractivity contribution >= 4 is 150 Å². The molecule has 0 N–H and O–H groups in total. The number of benzene rings is 21. The predicted molar refractivity (Wildman–Crippen MR) is 567 cm³/mol. The van der Waals surface area contributed by atoms with Crippen molar-refractivity contribution in [1.82, 2.24) is 0 Å². The van der Waals surface area contributed by atoms with Gasteiger partial charge in [-0.15, -0.1) is 0 Å². The fourth-order valence-electron chi connectivity index (χ4n) is 15.5. The Labute approximate surface area is 766 Å². The zero-order valence-corrected chi connectivity index (χ0v) is 76.0. The Morgan fingerprint density at radius 2 is 0.248 bits per heavy atom. The number of para-hydroxylation sites is 9. The summed E-state index contributed by atoms with van der Waals surface area (Å²) in [6, 6.07) is 185. The van der Waals surface area contributed by atoms with Crippen molar-refractivity contribution in [2.45, 2.75) is 69.2 Å². The Balaban J connectivity index is 0.000000143. The lowest BCUT2D eigenvalue weighted by atomic mass is 10.0. The SMILES string of the molecule is CC.CC.CC.CC.CC.c1ccc(N(c2ccc3ccccc3c2)c2cccc3ccccc23)cc1.c1ccc(N(c2ccc3ccccc3c2)c2cccc3ccccc23)cc1.c1ccc(N(c2ccccc2)c2ccc3ccccc3c2)cc1.c1ccc(N(c2ccccc2)c2cccc3ccccc23)cc1.c1ccc(N(c2ccccc2)c2ccccc2)cc1. The van der Waals surface area contributed by atoms with Crippen LogP contribution in [0.5, 0.6) is 0 Å². The summed E-state index contributed by atoms with van der Waals surface area (Å²) in [5.74, 6) is 0. The fourth-order valence-corrected chi connectivity index (χ4v) is 15.5. The first-order chi connectivity index (χ1) is 64.1. The molecular weight excluding hydrogens is 1560 g/mol. The van der Waals surface area contributed by atoms with Crippen molar-refractivity contribution in [2.24, 2.45) is 0 Å². The number of hydrogen-bond acceptors (Lipinski definition) is 5. The van der Waals surface area contributed by atoms with Gasteiger partial charge in [0, 0.05) is 84.4 Å². The molecule has 0 unspecified atom stereocenters. The topological polar surface area (TPSA) is 16.2 Å². The molecular formula is C124H117N5. The van der Waals surface area contributed by atoms with Crippen LogP contribution in [0.3, 0.4) is 0 Å². The van der Waals surface area contributed by atoms with Crippen molar-refractivity contribution in [2.75, 3.05) is 24.5 Å². The Hall–Kier alpha value is -15.8. The zero-order valence-electron chi connectivity index (χ0n) is 76.0. The third kappa shape index (κ3) is 23.8. The van der Waals surface area contributed by atoms with Gasteiger partial charge in [-0.1, -0.05) is 433 Å². The van der Waals surface area contributed by atoms with E-state index in [1.54, 1.807) is 0 Å². The quantitative estimate of drug-likeness (QED) is 0.101. The highest BCUT2D eigenvalue weighted by atomic mass is 15.2. The first kappa shape index (κ1) is 92.4. The second-order valence-corrected chi connectivity index (χ2v) is 28.8. The van der Waals surface area contributed by atoms with Crippen LogP contribution in [0, 0.1) is 0 Å². The van der Waals surface area contributed by atoms with Crippen molar-refractivity contribution in [3.8, 4) is 0 Å². The molecule has 0 fully saturated rings. The lowest BCUT2D eigenvalue weighted by Gasteiger charge is -2.27. The van der Waals surface area contributed by atoms with Gasteiger partial charge in [0.25, 0.3) is 0 Å². The minimum absolute atomic E-state index is 1.16. The average molecular weight is 1680 g/mol. The number of anilines is 15. The van der Waals surface area contributed by atoms with E-state index in [1.807, 2.05) is 99.6 Å². The van der Waals surface area contributed by atoms with Crippen molar-refractivity contribution in [3.63, 3.8) is 0 Å². The largest absolute Gasteiger partial charge is 0.311 e. The van der Waals surface area contributed by atoms with Gasteiger partial charge < -0.3 is 24.5 Å². The summed E-state index contributed by atoms with van der Waals surface area (Å²) in [5, 5.41) is 15.0. The highest BCUT2D eigenvalue weighted by Gasteiger charge is 2.20.